The zero-order chi connectivity index (χ0) is 16.2. The minimum absolute atomic E-state index is 0.140. The topological polar surface area (TPSA) is 72.9 Å². The van der Waals surface area contributed by atoms with Gasteiger partial charge in [0.2, 0.25) is 11.9 Å². The molecule has 1 saturated carbocycles. The number of nitrogens with two attached hydrogens (primary N) is 1. The van der Waals surface area contributed by atoms with Crippen molar-refractivity contribution in [2.24, 2.45) is 5.73 Å². The SMILES string of the molecule is CCCC(N)C(=O)Nc1nc2ccccc2n1C1CCCCC1. The van der Waals surface area contributed by atoms with Crippen molar-refractivity contribution in [1.82, 2.24) is 9.55 Å². The lowest BCUT2D eigenvalue weighted by Crippen LogP contribution is -2.36. The highest BCUT2D eigenvalue weighted by atomic mass is 16.2. The maximum Gasteiger partial charge on any atom is 0.243 e. The number of hydrogen-bond acceptors (Lipinski definition) is 3. The van der Waals surface area contributed by atoms with Gasteiger partial charge in [0.05, 0.1) is 17.1 Å². The van der Waals surface area contributed by atoms with Gasteiger partial charge >= 0.3 is 0 Å². The molecule has 2 aromatic rings. The normalized spacial score (nSPS) is 17.3. The lowest BCUT2D eigenvalue weighted by atomic mass is 9.95. The second kappa shape index (κ2) is 7.13. The van der Waals surface area contributed by atoms with Gasteiger partial charge in [-0.1, -0.05) is 44.7 Å². The van der Waals surface area contributed by atoms with Crippen molar-refractivity contribution < 1.29 is 4.79 Å². The Kier molecular flexibility index (Phi) is 4.96. The zero-order valence-corrected chi connectivity index (χ0v) is 13.8. The number of amides is 1. The number of nitrogens with one attached hydrogen (secondary N) is 1. The fourth-order valence-corrected chi connectivity index (χ4v) is 3.49. The van der Waals surface area contributed by atoms with E-state index in [1.165, 1.54) is 19.3 Å². The number of para-hydroxylation sites is 2. The summed E-state index contributed by atoms with van der Waals surface area (Å²) in [5.74, 6) is 0.508. The Labute approximate surface area is 137 Å². The lowest BCUT2D eigenvalue weighted by Gasteiger charge is -2.25. The Bertz CT molecular complexity index is 673. The molecule has 3 N–H and O–H groups in total. The van der Waals surface area contributed by atoms with Crippen LogP contribution in [0.3, 0.4) is 0 Å². The van der Waals surface area contributed by atoms with Crippen LogP contribution in [0.25, 0.3) is 11.0 Å². The monoisotopic (exact) mass is 314 g/mol. The molecule has 1 fully saturated rings. The van der Waals surface area contributed by atoms with Crippen molar-refractivity contribution in [3.05, 3.63) is 24.3 Å². The molecule has 5 nitrogen and oxygen atoms in total. The van der Waals surface area contributed by atoms with E-state index >= 15 is 0 Å². The number of imidazole rings is 1. The third-order valence-corrected chi connectivity index (χ3v) is 4.71. The van der Waals surface area contributed by atoms with Gasteiger partial charge in [-0.15, -0.1) is 0 Å². The molecular weight excluding hydrogens is 288 g/mol. The molecule has 1 heterocycles. The fraction of sp³-hybridized carbons (Fsp3) is 0.556. The molecule has 3 rings (SSSR count). The summed E-state index contributed by atoms with van der Waals surface area (Å²) < 4.78 is 2.21. The number of rotatable bonds is 5. The van der Waals surface area contributed by atoms with Crippen LogP contribution >= 0.6 is 0 Å². The van der Waals surface area contributed by atoms with Gasteiger partial charge in [-0.05, 0) is 31.4 Å². The van der Waals surface area contributed by atoms with Crippen molar-refractivity contribution in [3.63, 3.8) is 0 Å². The van der Waals surface area contributed by atoms with E-state index in [4.69, 9.17) is 5.73 Å². The number of carbonyl (C=O) groups is 1. The van der Waals surface area contributed by atoms with Gasteiger partial charge in [0.15, 0.2) is 0 Å². The second-order valence-electron chi connectivity index (χ2n) is 6.47. The van der Waals surface area contributed by atoms with Crippen molar-refractivity contribution >= 4 is 22.9 Å². The van der Waals surface area contributed by atoms with Crippen molar-refractivity contribution in [3.8, 4) is 0 Å². The van der Waals surface area contributed by atoms with Crippen molar-refractivity contribution in [2.75, 3.05) is 5.32 Å². The molecular formula is C18H26N4O. The Morgan fingerprint density at radius 2 is 2.09 bits per heavy atom. The van der Waals surface area contributed by atoms with E-state index < -0.39 is 6.04 Å². The molecule has 1 unspecified atom stereocenters. The number of aromatic nitrogens is 2. The standard InChI is InChI=1S/C18H26N4O/c1-2-8-14(19)17(23)21-18-20-15-11-6-7-12-16(15)22(18)13-9-4-3-5-10-13/h6-7,11-14H,2-5,8-10,19H2,1H3,(H,20,21,23). The number of hydrogen-bond donors (Lipinski definition) is 2. The molecule has 1 aromatic heterocycles. The van der Waals surface area contributed by atoms with E-state index in [-0.39, 0.29) is 5.91 Å². The van der Waals surface area contributed by atoms with E-state index in [2.05, 4.69) is 20.9 Å². The van der Waals surface area contributed by atoms with Gasteiger partial charge in [-0.25, -0.2) is 4.98 Å². The molecule has 1 aliphatic rings. The highest BCUT2D eigenvalue weighted by molar-refractivity contribution is 5.95. The highest BCUT2D eigenvalue weighted by Crippen LogP contribution is 2.34. The molecule has 1 aliphatic carbocycles. The van der Waals surface area contributed by atoms with E-state index in [1.54, 1.807) is 0 Å². The van der Waals surface area contributed by atoms with Crippen LogP contribution in [0, 0.1) is 0 Å². The number of benzene rings is 1. The molecule has 0 radical (unpaired) electrons. The first-order valence-electron chi connectivity index (χ1n) is 8.74. The summed E-state index contributed by atoms with van der Waals surface area (Å²) in [4.78, 5) is 17.0. The van der Waals surface area contributed by atoms with E-state index in [9.17, 15) is 4.79 Å². The summed E-state index contributed by atoms with van der Waals surface area (Å²) in [5, 5.41) is 2.97. The predicted molar refractivity (Wildman–Crippen MR) is 93.4 cm³/mol. The van der Waals surface area contributed by atoms with Crippen LogP contribution in [0.15, 0.2) is 24.3 Å². The maximum absolute atomic E-state index is 12.3. The van der Waals surface area contributed by atoms with Crippen LogP contribution in [0.5, 0.6) is 0 Å². The third-order valence-electron chi connectivity index (χ3n) is 4.71. The zero-order valence-electron chi connectivity index (χ0n) is 13.8. The number of nitrogens with zero attached hydrogens (tertiary/aromatic N) is 2. The molecule has 124 valence electrons. The average Bonchev–Trinajstić information content (AvgIpc) is 2.93. The first-order valence-corrected chi connectivity index (χ1v) is 8.74. The van der Waals surface area contributed by atoms with E-state index in [1.807, 2.05) is 25.1 Å². The minimum Gasteiger partial charge on any atom is -0.320 e. The number of carbonyl (C=O) groups excluding carboxylic acids is 1. The minimum atomic E-state index is -0.473. The number of anilines is 1. The molecule has 5 heteroatoms. The molecule has 0 bridgehead atoms. The number of fused-ring (bicyclic) bond motifs is 1. The van der Waals surface area contributed by atoms with Crippen LogP contribution in [-0.2, 0) is 4.79 Å². The van der Waals surface area contributed by atoms with Crippen LogP contribution in [0.1, 0.15) is 57.9 Å². The van der Waals surface area contributed by atoms with Crippen molar-refractivity contribution in [1.29, 1.82) is 0 Å². The average molecular weight is 314 g/mol. The molecule has 0 spiro atoms. The Morgan fingerprint density at radius 1 is 1.35 bits per heavy atom. The summed E-state index contributed by atoms with van der Waals surface area (Å²) in [7, 11) is 0. The van der Waals surface area contributed by atoms with Gasteiger partial charge in [0, 0.05) is 6.04 Å². The summed E-state index contributed by atoms with van der Waals surface area (Å²) in [5.41, 5.74) is 7.97. The summed E-state index contributed by atoms with van der Waals surface area (Å²) >= 11 is 0. The first-order chi connectivity index (χ1) is 11.2. The molecule has 0 aliphatic heterocycles. The summed E-state index contributed by atoms with van der Waals surface area (Å²) in [6.07, 6.45) is 7.64. The Morgan fingerprint density at radius 3 is 2.83 bits per heavy atom. The van der Waals surface area contributed by atoms with Crippen LogP contribution in [-0.4, -0.2) is 21.5 Å². The van der Waals surface area contributed by atoms with Gasteiger partial charge in [0.1, 0.15) is 0 Å². The smallest absolute Gasteiger partial charge is 0.243 e. The van der Waals surface area contributed by atoms with Crippen LogP contribution in [0.2, 0.25) is 0 Å². The predicted octanol–water partition coefficient (Wildman–Crippen LogP) is 3.61. The van der Waals surface area contributed by atoms with Gasteiger partial charge in [-0.2, -0.15) is 0 Å². The first kappa shape index (κ1) is 16.0. The van der Waals surface area contributed by atoms with E-state index in [0.29, 0.717) is 18.4 Å². The summed E-state index contributed by atoms with van der Waals surface area (Å²) in [6.45, 7) is 2.03. The Balaban J connectivity index is 1.93. The largest absolute Gasteiger partial charge is 0.320 e. The summed E-state index contributed by atoms with van der Waals surface area (Å²) in [6, 6.07) is 8.02. The second-order valence-corrected chi connectivity index (χ2v) is 6.47. The quantitative estimate of drug-likeness (QED) is 0.885. The molecule has 1 atom stereocenters. The Hall–Kier alpha value is -1.88. The fourth-order valence-electron chi connectivity index (χ4n) is 3.49. The van der Waals surface area contributed by atoms with Crippen LogP contribution in [0.4, 0.5) is 5.95 Å². The molecule has 1 aromatic carbocycles. The van der Waals surface area contributed by atoms with Crippen molar-refractivity contribution in [2.45, 2.75) is 64.0 Å². The van der Waals surface area contributed by atoms with E-state index in [0.717, 1.165) is 30.3 Å². The van der Waals surface area contributed by atoms with Crippen LogP contribution < -0.4 is 11.1 Å². The molecule has 1 amide bonds. The third kappa shape index (κ3) is 3.39. The highest BCUT2D eigenvalue weighted by Gasteiger charge is 2.23. The molecule has 0 saturated heterocycles. The molecule has 23 heavy (non-hydrogen) atoms. The maximum atomic E-state index is 12.3. The van der Waals surface area contributed by atoms with Gasteiger partial charge in [-0.3, -0.25) is 10.1 Å². The van der Waals surface area contributed by atoms with Gasteiger partial charge < -0.3 is 10.3 Å². The van der Waals surface area contributed by atoms with Gasteiger partial charge in [0.25, 0.3) is 0 Å². The lowest BCUT2D eigenvalue weighted by molar-refractivity contribution is -0.117.